The van der Waals surface area contributed by atoms with E-state index in [1.54, 1.807) is 12.1 Å². The Bertz CT molecular complexity index is 337. The van der Waals surface area contributed by atoms with E-state index in [1.807, 2.05) is 12.1 Å². The van der Waals surface area contributed by atoms with Crippen molar-refractivity contribution in [1.82, 2.24) is 5.32 Å². The van der Waals surface area contributed by atoms with Crippen molar-refractivity contribution in [2.24, 2.45) is 0 Å². The van der Waals surface area contributed by atoms with Gasteiger partial charge in [0.05, 0.1) is 0 Å². The zero-order chi connectivity index (χ0) is 11.4. The van der Waals surface area contributed by atoms with Gasteiger partial charge in [0, 0.05) is 12.0 Å². The van der Waals surface area contributed by atoms with Crippen LogP contribution in [-0.2, 0) is 0 Å². The second-order valence-electron chi connectivity index (χ2n) is 4.62. The summed E-state index contributed by atoms with van der Waals surface area (Å²) in [5.41, 5.74) is 0.897. The normalized spacial score (nSPS) is 24.9. The van der Waals surface area contributed by atoms with Gasteiger partial charge in [-0.05, 0) is 37.4 Å². The van der Waals surface area contributed by atoms with E-state index in [9.17, 15) is 4.39 Å². The zero-order valence-corrected chi connectivity index (χ0v) is 9.88. The topological polar surface area (TPSA) is 12.0 Å². The second kappa shape index (κ2) is 5.44. The van der Waals surface area contributed by atoms with Crippen LogP contribution in [0.15, 0.2) is 24.3 Å². The molecule has 16 heavy (non-hydrogen) atoms. The monoisotopic (exact) mass is 221 g/mol. The molecule has 2 unspecified atom stereocenters. The van der Waals surface area contributed by atoms with Gasteiger partial charge >= 0.3 is 0 Å². The Morgan fingerprint density at radius 3 is 2.88 bits per heavy atom. The highest BCUT2D eigenvalue weighted by Gasteiger charge is 2.29. The SMILES string of the molecule is CCCNC1CCCC1c1ccccc1F. The lowest BCUT2D eigenvalue weighted by Crippen LogP contribution is -2.32. The van der Waals surface area contributed by atoms with Crippen LogP contribution >= 0.6 is 0 Å². The summed E-state index contributed by atoms with van der Waals surface area (Å²) in [7, 11) is 0. The van der Waals surface area contributed by atoms with E-state index in [2.05, 4.69) is 12.2 Å². The summed E-state index contributed by atoms with van der Waals surface area (Å²) < 4.78 is 13.7. The summed E-state index contributed by atoms with van der Waals surface area (Å²) in [6.07, 6.45) is 4.64. The minimum Gasteiger partial charge on any atom is -0.313 e. The summed E-state index contributed by atoms with van der Waals surface area (Å²) in [5.74, 6) is 0.324. The fourth-order valence-electron chi connectivity index (χ4n) is 2.68. The molecule has 88 valence electrons. The molecule has 2 heteroatoms. The minimum absolute atomic E-state index is 0.0438. The van der Waals surface area contributed by atoms with Crippen LogP contribution in [0.1, 0.15) is 44.1 Å². The van der Waals surface area contributed by atoms with Crippen molar-refractivity contribution in [1.29, 1.82) is 0 Å². The molecule has 0 aliphatic heterocycles. The molecule has 2 atom stereocenters. The van der Waals surface area contributed by atoms with Crippen molar-refractivity contribution >= 4 is 0 Å². The third-order valence-electron chi connectivity index (χ3n) is 3.48. The highest BCUT2D eigenvalue weighted by atomic mass is 19.1. The lowest BCUT2D eigenvalue weighted by Gasteiger charge is -2.21. The lowest BCUT2D eigenvalue weighted by molar-refractivity contribution is 0.464. The smallest absolute Gasteiger partial charge is 0.126 e. The molecular formula is C14H20FN. The molecule has 0 saturated heterocycles. The Kier molecular flexibility index (Phi) is 3.94. The van der Waals surface area contributed by atoms with Crippen LogP contribution in [0.2, 0.25) is 0 Å². The number of halogens is 1. The van der Waals surface area contributed by atoms with Gasteiger partial charge in [0.2, 0.25) is 0 Å². The van der Waals surface area contributed by atoms with E-state index < -0.39 is 0 Å². The van der Waals surface area contributed by atoms with Gasteiger partial charge in [-0.3, -0.25) is 0 Å². The molecule has 1 fully saturated rings. The summed E-state index contributed by atoms with van der Waals surface area (Å²) >= 11 is 0. The number of benzene rings is 1. The Hall–Kier alpha value is -0.890. The molecule has 1 nitrogen and oxygen atoms in total. The molecule has 2 rings (SSSR count). The lowest BCUT2D eigenvalue weighted by atomic mass is 9.93. The van der Waals surface area contributed by atoms with Crippen LogP contribution in [0.3, 0.4) is 0 Å². The van der Waals surface area contributed by atoms with Gasteiger partial charge in [-0.1, -0.05) is 31.5 Å². The van der Waals surface area contributed by atoms with E-state index in [4.69, 9.17) is 0 Å². The van der Waals surface area contributed by atoms with Gasteiger partial charge in [0.1, 0.15) is 5.82 Å². The van der Waals surface area contributed by atoms with Crippen molar-refractivity contribution in [3.8, 4) is 0 Å². The molecule has 0 bridgehead atoms. The summed E-state index contributed by atoms with van der Waals surface area (Å²) in [6.45, 7) is 3.20. The molecular weight excluding hydrogens is 201 g/mol. The van der Waals surface area contributed by atoms with Gasteiger partial charge in [0.25, 0.3) is 0 Å². The van der Waals surface area contributed by atoms with Crippen LogP contribution in [0, 0.1) is 5.82 Å². The molecule has 1 aliphatic rings. The van der Waals surface area contributed by atoms with Crippen molar-refractivity contribution in [3.05, 3.63) is 35.6 Å². The maximum absolute atomic E-state index is 13.7. The first kappa shape index (κ1) is 11.6. The van der Waals surface area contributed by atoms with E-state index >= 15 is 0 Å². The molecule has 1 saturated carbocycles. The Labute approximate surface area is 97.1 Å². The average Bonchev–Trinajstić information content (AvgIpc) is 2.75. The average molecular weight is 221 g/mol. The highest BCUT2D eigenvalue weighted by Crippen LogP contribution is 2.35. The number of rotatable bonds is 4. The predicted molar refractivity (Wildman–Crippen MR) is 65.1 cm³/mol. The molecule has 0 amide bonds. The molecule has 0 aromatic heterocycles. The van der Waals surface area contributed by atoms with Gasteiger partial charge < -0.3 is 5.32 Å². The Balaban J connectivity index is 2.10. The van der Waals surface area contributed by atoms with Crippen molar-refractivity contribution in [3.63, 3.8) is 0 Å². The van der Waals surface area contributed by atoms with Crippen LogP contribution in [-0.4, -0.2) is 12.6 Å². The van der Waals surface area contributed by atoms with Crippen LogP contribution in [0.5, 0.6) is 0 Å². The molecule has 1 aliphatic carbocycles. The first-order valence-corrected chi connectivity index (χ1v) is 6.30. The maximum Gasteiger partial charge on any atom is 0.126 e. The van der Waals surface area contributed by atoms with Gasteiger partial charge in [-0.15, -0.1) is 0 Å². The maximum atomic E-state index is 13.7. The van der Waals surface area contributed by atoms with Crippen molar-refractivity contribution < 1.29 is 4.39 Å². The van der Waals surface area contributed by atoms with Crippen LogP contribution < -0.4 is 5.32 Å². The van der Waals surface area contributed by atoms with Gasteiger partial charge in [-0.25, -0.2) is 4.39 Å². The van der Waals surface area contributed by atoms with E-state index in [0.29, 0.717) is 12.0 Å². The zero-order valence-electron chi connectivity index (χ0n) is 9.88. The molecule has 0 radical (unpaired) electrons. The third kappa shape index (κ3) is 2.43. The molecule has 1 N–H and O–H groups in total. The van der Waals surface area contributed by atoms with Gasteiger partial charge in [0.15, 0.2) is 0 Å². The number of hydrogen-bond acceptors (Lipinski definition) is 1. The fraction of sp³-hybridized carbons (Fsp3) is 0.571. The van der Waals surface area contributed by atoms with Crippen molar-refractivity contribution in [2.75, 3.05) is 6.54 Å². The Morgan fingerprint density at radius 2 is 2.12 bits per heavy atom. The molecule has 0 spiro atoms. The van der Waals surface area contributed by atoms with E-state index in [-0.39, 0.29) is 5.82 Å². The summed E-state index contributed by atoms with van der Waals surface area (Å²) in [4.78, 5) is 0. The van der Waals surface area contributed by atoms with Crippen LogP contribution in [0.4, 0.5) is 4.39 Å². The minimum atomic E-state index is -0.0438. The van der Waals surface area contributed by atoms with Crippen molar-refractivity contribution in [2.45, 2.75) is 44.6 Å². The van der Waals surface area contributed by atoms with E-state index in [1.165, 1.54) is 12.8 Å². The predicted octanol–water partition coefficient (Wildman–Crippen LogP) is 3.46. The Morgan fingerprint density at radius 1 is 1.31 bits per heavy atom. The molecule has 0 heterocycles. The first-order chi connectivity index (χ1) is 7.83. The summed E-state index contributed by atoms with van der Waals surface area (Å²) in [5, 5.41) is 3.54. The second-order valence-corrected chi connectivity index (χ2v) is 4.62. The highest BCUT2D eigenvalue weighted by molar-refractivity contribution is 5.24. The van der Waals surface area contributed by atoms with Crippen LogP contribution in [0.25, 0.3) is 0 Å². The fourth-order valence-corrected chi connectivity index (χ4v) is 2.68. The largest absolute Gasteiger partial charge is 0.313 e. The first-order valence-electron chi connectivity index (χ1n) is 6.30. The van der Waals surface area contributed by atoms with E-state index in [0.717, 1.165) is 24.9 Å². The standard InChI is InChI=1S/C14H20FN/c1-2-10-16-14-9-5-7-12(14)11-6-3-4-8-13(11)15/h3-4,6,8,12,14,16H,2,5,7,9-10H2,1H3. The summed E-state index contributed by atoms with van der Waals surface area (Å²) in [6, 6.07) is 7.68. The third-order valence-corrected chi connectivity index (χ3v) is 3.48. The quantitative estimate of drug-likeness (QED) is 0.821. The van der Waals surface area contributed by atoms with Gasteiger partial charge in [-0.2, -0.15) is 0 Å². The molecule has 1 aromatic carbocycles. The molecule has 1 aromatic rings. The number of hydrogen-bond donors (Lipinski definition) is 1. The number of nitrogens with one attached hydrogen (secondary N) is 1.